The molecule has 0 radical (unpaired) electrons. The zero-order valence-corrected chi connectivity index (χ0v) is 15.7. The Morgan fingerprint density at radius 1 is 0.741 bits per heavy atom. The molecule has 0 heterocycles. The van der Waals surface area contributed by atoms with E-state index in [4.69, 9.17) is 14.2 Å². The zero-order valence-electron chi connectivity index (χ0n) is 15.7. The molecule has 0 aliphatic rings. The van der Waals surface area contributed by atoms with Crippen LogP contribution in [0.15, 0.2) is 42.5 Å². The summed E-state index contributed by atoms with van der Waals surface area (Å²) in [5.74, 6) is 0.356. The first kappa shape index (κ1) is 20.1. The number of hydrogen-bond donors (Lipinski definition) is 2. The first-order valence-corrected chi connectivity index (χ1v) is 8.82. The molecular weight excluding hydrogens is 348 g/mol. The first-order valence-electron chi connectivity index (χ1n) is 8.82. The Balaban J connectivity index is 2.20. The third-order valence-electron chi connectivity index (χ3n) is 3.50. The second-order valence-electron chi connectivity index (χ2n) is 5.37. The van der Waals surface area contributed by atoms with E-state index >= 15 is 0 Å². The van der Waals surface area contributed by atoms with Crippen LogP contribution < -0.4 is 25.1 Å². The van der Waals surface area contributed by atoms with E-state index in [0.29, 0.717) is 42.6 Å². The summed E-state index contributed by atoms with van der Waals surface area (Å²) in [6, 6.07) is 11.7. The van der Waals surface area contributed by atoms with Crippen molar-refractivity contribution in [3.05, 3.63) is 53.6 Å². The monoisotopic (exact) mass is 372 g/mol. The third-order valence-corrected chi connectivity index (χ3v) is 3.50. The predicted molar refractivity (Wildman–Crippen MR) is 101 cm³/mol. The number of ether oxygens (including phenoxy) is 3. The largest absolute Gasteiger partial charge is 0.490 e. The van der Waals surface area contributed by atoms with Gasteiger partial charge in [-0.1, -0.05) is 18.2 Å². The predicted octanol–water partition coefficient (Wildman–Crippen LogP) is 2.96. The standard InChI is InChI=1S/C20H24N2O5/c1-4-25-16-12-15(13-17(26-5-2)18(16)27-6-3)20(24)22-21-19(23)14-10-8-7-9-11-14/h7-13H,4-6H2,1-3H3,(H,21,23)(H,22,24). The van der Waals surface area contributed by atoms with Crippen LogP contribution in [0, 0.1) is 0 Å². The van der Waals surface area contributed by atoms with Gasteiger partial charge in [0.2, 0.25) is 5.75 Å². The first-order chi connectivity index (χ1) is 13.1. The molecule has 2 amide bonds. The van der Waals surface area contributed by atoms with Crippen LogP contribution in [0.25, 0.3) is 0 Å². The van der Waals surface area contributed by atoms with Crippen molar-refractivity contribution in [2.24, 2.45) is 0 Å². The number of carbonyl (C=O) groups excluding carboxylic acids is 2. The van der Waals surface area contributed by atoms with E-state index in [1.807, 2.05) is 20.8 Å². The van der Waals surface area contributed by atoms with Crippen LogP contribution in [0.2, 0.25) is 0 Å². The molecule has 0 fully saturated rings. The topological polar surface area (TPSA) is 85.9 Å². The summed E-state index contributed by atoms with van der Waals surface area (Å²) in [7, 11) is 0. The summed E-state index contributed by atoms with van der Waals surface area (Å²) in [5, 5.41) is 0. The van der Waals surface area contributed by atoms with Gasteiger partial charge in [0.1, 0.15) is 0 Å². The summed E-state index contributed by atoms with van der Waals surface area (Å²) >= 11 is 0. The van der Waals surface area contributed by atoms with E-state index in [1.54, 1.807) is 42.5 Å². The zero-order chi connectivity index (χ0) is 19.6. The van der Waals surface area contributed by atoms with Crippen molar-refractivity contribution < 1.29 is 23.8 Å². The minimum Gasteiger partial charge on any atom is -0.490 e. The van der Waals surface area contributed by atoms with Crippen LogP contribution in [0.5, 0.6) is 17.2 Å². The van der Waals surface area contributed by atoms with E-state index in [2.05, 4.69) is 10.9 Å². The van der Waals surface area contributed by atoms with Crippen molar-refractivity contribution in [1.29, 1.82) is 0 Å². The molecule has 0 aromatic heterocycles. The van der Waals surface area contributed by atoms with Gasteiger partial charge in [-0.2, -0.15) is 0 Å². The number of amides is 2. The second kappa shape index (κ2) is 10.1. The van der Waals surface area contributed by atoms with Gasteiger partial charge in [-0.3, -0.25) is 20.4 Å². The summed E-state index contributed by atoms with van der Waals surface area (Å²) < 4.78 is 16.8. The van der Waals surface area contributed by atoms with Crippen molar-refractivity contribution >= 4 is 11.8 Å². The molecule has 144 valence electrons. The minimum absolute atomic E-state index is 0.277. The Hall–Kier alpha value is -3.22. The summed E-state index contributed by atoms with van der Waals surface area (Å²) in [4.78, 5) is 24.5. The Morgan fingerprint density at radius 3 is 1.70 bits per heavy atom. The number of hydrogen-bond acceptors (Lipinski definition) is 5. The molecular formula is C20H24N2O5. The highest BCUT2D eigenvalue weighted by Crippen LogP contribution is 2.39. The average molecular weight is 372 g/mol. The average Bonchev–Trinajstić information content (AvgIpc) is 2.69. The fourth-order valence-corrected chi connectivity index (χ4v) is 2.37. The van der Waals surface area contributed by atoms with Crippen LogP contribution in [0.4, 0.5) is 0 Å². The Bertz CT molecular complexity index is 750. The maximum absolute atomic E-state index is 12.5. The molecule has 27 heavy (non-hydrogen) atoms. The van der Waals surface area contributed by atoms with Crippen LogP contribution in [-0.4, -0.2) is 31.6 Å². The smallest absolute Gasteiger partial charge is 0.269 e. The number of benzene rings is 2. The van der Waals surface area contributed by atoms with Crippen LogP contribution >= 0.6 is 0 Å². The third kappa shape index (κ3) is 5.37. The van der Waals surface area contributed by atoms with Gasteiger partial charge in [0, 0.05) is 11.1 Å². The van der Waals surface area contributed by atoms with Gasteiger partial charge in [0.25, 0.3) is 11.8 Å². The fourth-order valence-electron chi connectivity index (χ4n) is 2.37. The van der Waals surface area contributed by atoms with Crippen molar-refractivity contribution in [2.45, 2.75) is 20.8 Å². The molecule has 7 heteroatoms. The fraction of sp³-hybridized carbons (Fsp3) is 0.300. The Morgan fingerprint density at radius 2 is 1.22 bits per heavy atom. The molecule has 7 nitrogen and oxygen atoms in total. The number of nitrogens with one attached hydrogen (secondary N) is 2. The Labute approximate surface area is 158 Å². The normalized spacial score (nSPS) is 10.0. The summed E-state index contributed by atoms with van der Waals surface area (Å²) in [6.45, 7) is 6.76. The highest BCUT2D eigenvalue weighted by atomic mass is 16.5. The second-order valence-corrected chi connectivity index (χ2v) is 5.37. The van der Waals surface area contributed by atoms with Crippen LogP contribution in [0.1, 0.15) is 41.5 Å². The quantitative estimate of drug-likeness (QED) is 0.696. The maximum atomic E-state index is 12.5. The van der Waals surface area contributed by atoms with Gasteiger partial charge < -0.3 is 14.2 Å². The van der Waals surface area contributed by atoms with E-state index in [0.717, 1.165) is 0 Å². The minimum atomic E-state index is -0.496. The van der Waals surface area contributed by atoms with E-state index in [9.17, 15) is 9.59 Å². The summed E-state index contributed by atoms with van der Waals surface area (Å²) in [5.41, 5.74) is 5.50. The molecule has 0 atom stereocenters. The van der Waals surface area contributed by atoms with E-state index in [-0.39, 0.29) is 5.56 Å². The maximum Gasteiger partial charge on any atom is 0.269 e. The molecule has 0 saturated heterocycles. The number of rotatable bonds is 8. The highest BCUT2D eigenvalue weighted by molar-refractivity contribution is 5.99. The molecule has 2 aromatic rings. The Kier molecular flexibility index (Phi) is 7.49. The molecule has 0 bridgehead atoms. The lowest BCUT2D eigenvalue weighted by atomic mass is 10.1. The molecule has 0 saturated carbocycles. The van der Waals surface area contributed by atoms with Crippen molar-refractivity contribution in [3.63, 3.8) is 0 Å². The lowest BCUT2D eigenvalue weighted by Gasteiger charge is -2.17. The van der Waals surface area contributed by atoms with Gasteiger partial charge in [-0.15, -0.1) is 0 Å². The van der Waals surface area contributed by atoms with Gasteiger partial charge in [-0.25, -0.2) is 0 Å². The SMILES string of the molecule is CCOc1cc(C(=O)NNC(=O)c2ccccc2)cc(OCC)c1OCC. The van der Waals surface area contributed by atoms with Crippen molar-refractivity contribution in [3.8, 4) is 17.2 Å². The molecule has 0 spiro atoms. The molecule has 0 unspecified atom stereocenters. The van der Waals surface area contributed by atoms with E-state index in [1.165, 1.54) is 0 Å². The number of hydrazine groups is 1. The van der Waals surface area contributed by atoms with Gasteiger partial charge >= 0.3 is 0 Å². The van der Waals surface area contributed by atoms with E-state index < -0.39 is 11.8 Å². The molecule has 2 N–H and O–H groups in total. The van der Waals surface area contributed by atoms with Crippen molar-refractivity contribution in [2.75, 3.05) is 19.8 Å². The molecule has 2 rings (SSSR count). The lowest BCUT2D eigenvalue weighted by Crippen LogP contribution is -2.41. The molecule has 0 aliphatic carbocycles. The highest BCUT2D eigenvalue weighted by Gasteiger charge is 2.18. The summed E-state index contributed by atoms with van der Waals surface area (Å²) in [6.07, 6.45) is 0. The lowest BCUT2D eigenvalue weighted by molar-refractivity contribution is 0.0846. The van der Waals surface area contributed by atoms with Gasteiger partial charge in [-0.05, 0) is 45.0 Å². The van der Waals surface area contributed by atoms with Crippen molar-refractivity contribution in [1.82, 2.24) is 10.9 Å². The van der Waals surface area contributed by atoms with Crippen LogP contribution in [-0.2, 0) is 0 Å². The molecule has 2 aromatic carbocycles. The van der Waals surface area contributed by atoms with Gasteiger partial charge in [0.15, 0.2) is 11.5 Å². The van der Waals surface area contributed by atoms with Gasteiger partial charge in [0.05, 0.1) is 19.8 Å². The number of carbonyl (C=O) groups is 2. The molecule has 0 aliphatic heterocycles. The van der Waals surface area contributed by atoms with Crippen LogP contribution in [0.3, 0.4) is 0 Å².